The lowest BCUT2D eigenvalue weighted by atomic mass is 9.45. The van der Waals surface area contributed by atoms with Gasteiger partial charge in [0, 0.05) is 0 Å². The number of fused-ring (bicyclic) bond motifs is 2. The van der Waals surface area contributed by atoms with Crippen molar-refractivity contribution in [2.45, 2.75) is 46.1 Å². The van der Waals surface area contributed by atoms with Gasteiger partial charge in [-0.15, -0.1) is 0 Å². The third-order valence-corrected chi connectivity index (χ3v) is 4.53. The summed E-state index contributed by atoms with van der Waals surface area (Å²) in [7, 11) is 0. The SMILES string of the molecule is C[C@@H](O)C1CCC2CC1C2(C)C. The smallest absolute Gasteiger partial charge is 0.0543 e. The number of aliphatic hydroxyl groups is 1. The second-order valence-corrected chi connectivity index (χ2v) is 5.34. The van der Waals surface area contributed by atoms with Gasteiger partial charge in [0.15, 0.2) is 0 Å². The molecule has 3 saturated carbocycles. The Kier molecular flexibility index (Phi) is 1.76. The highest BCUT2D eigenvalue weighted by molar-refractivity contribution is 5.04. The highest BCUT2D eigenvalue weighted by Gasteiger charge is 2.54. The van der Waals surface area contributed by atoms with Gasteiger partial charge >= 0.3 is 0 Å². The Labute approximate surface area is 75.2 Å². The molecule has 0 saturated heterocycles. The minimum absolute atomic E-state index is 0.0875. The number of hydrogen-bond acceptors (Lipinski definition) is 1. The van der Waals surface area contributed by atoms with Crippen molar-refractivity contribution in [2.24, 2.45) is 23.2 Å². The first kappa shape index (κ1) is 8.55. The number of rotatable bonds is 1. The van der Waals surface area contributed by atoms with Crippen LogP contribution >= 0.6 is 0 Å². The molecular formula is C11H20O. The Hall–Kier alpha value is -0.0400. The Balaban J connectivity index is 2.11. The second kappa shape index (κ2) is 2.47. The summed E-state index contributed by atoms with van der Waals surface area (Å²) in [4.78, 5) is 0. The third kappa shape index (κ3) is 0.953. The third-order valence-electron chi connectivity index (χ3n) is 4.53. The first-order valence-corrected chi connectivity index (χ1v) is 5.21. The van der Waals surface area contributed by atoms with Crippen molar-refractivity contribution < 1.29 is 5.11 Å². The molecule has 0 aromatic rings. The van der Waals surface area contributed by atoms with Gasteiger partial charge in [0.05, 0.1) is 6.10 Å². The van der Waals surface area contributed by atoms with Crippen LogP contribution in [0.25, 0.3) is 0 Å². The molecule has 0 radical (unpaired) electrons. The molecule has 1 nitrogen and oxygen atoms in total. The van der Waals surface area contributed by atoms with Gasteiger partial charge in [-0.1, -0.05) is 13.8 Å². The van der Waals surface area contributed by atoms with Crippen molar-refractivity contribution in [2.75, 3.05) is 0 Å². The van der Waals surface area contributed by atoms with Crippen LogP contribution in [0.5, 0.6) is 0 Å². The van der Waals surface area contributed by atoms with Crippen LogP contribution in [0.2, 0.25) is 0 Å². The molecule has 12 heavy (non-hydrogen) atoms. The second-order valence-electron chi connectivity index (χ2n) is 5.34. The Morgan fingerprint density at radius 2 is 2.00 bits per heavy atom. The number of aliphatic hydroxyl groups excluding tert-OH is 1. The van der Waals surface area contributed by atoms with Gasteiger partial charge in [-0.25, -0.2) is 0 Å². The van der Waals surface area contributed by atoms with Gasteiger partial charge < -0.3 is 5.11 Å². The topological polar surface area (TPSA) is 20.2 Å². The highest BCUT2D eigenvalue weighted by Crippen LogP contribution is 2.61. The Morgan fingerprint density at radius 1 is 1.33 bits per heavy atom. The summed E-state index contributed by atoms with van der Waals surface area (Å²) >= 11 is 0. The first-order chi connectivity index (χ1) is 5.53. The average molecular weight is 168 g/mol. The van der Waals surface area contributed by atoms with E-state index in [0.29, 0.717) is 11.3 Å². The molecular weight excluding hydrogens is 148 g/mol. The molecule has 0 spiro atoms. The summed E-state index contributed by atoms with van der Waals surface area (Å²) in [6, 6.07) is 0. The van der Waals surface area contributed by atoms with Crippen LogP contribution in [0, 0.1) is 23.2 Å². The summed E-state index contributed by atoms with van der Waals surface area (Å²) in [6.45, 7) is 6.71. The van der Waals surface area contributed by atoms with Crippen LogP contribution in [0.1, 0.15) is 40.0 Å². The van der Waals surface area contributed by atoms with Gasteiger partial charge in [-0.3, -0.25) is 0 Å². The lowest BCUT2D eigenvalue weighted by molar-refractivity contribution is -0.133. The lowest BCUT2D eigenvalue weighted by Gasteiger charge is -2.60. The normalized spacial score (nSPS) is 46.5. The lowest BCUT2D eigenvalue weighted by Crippen LogP contribution is -2.54. The van der Waals surface area contributed by atoms with E-state index in [0.717, 1.165) is 11.8 Å². The van der Waals surface area contributed by atoms with E-state index < -0.39 is 0 Å². The van der Waals surface area contributed by atoms with Crippen molar-refractivity contribution >= 4 is 0 Å². The van der Waals surface area contributed by atoms with E-state index in [9.17, 15) is 5.11 Å². The minimum atomic E-state index is -0.0875. The molecule has 3 fully saturated rings. The maximum absolute atomic E-state index is 9.60. The fraction of sp³-hybridized carbons (Fsp3) is 1.00. The van der Waals surface area contributed by atoms with Crippen LogP contribution in [0.3, 0.4) is 0 Å². The zero-order chi connectivity index (χ0) is 8.93. The molecule has 0 aromatic carbocycles. The summed E-state index contributed by atoms with van der Waals surface area (Å²) in [5.74, 6) is 2.35. The van der Waals surface area contributed by atoms with Gasteiger partial charge in [0.2, 0.25) is 0 Å². The molecule has 70 valence electrons. The Bertz CT molecular complexity index is 179. The van der Waals surface area contributed by atoms with Crippen LogP contribution in [0.15, 0.2) is 0 Å². The molecule has 3 rings (SSSR count). The summed E-state index contributed by atoms with van der Waals surface area (Å²) in [5.41, 5.74) is 0.528. The zero-order valence-corrected chi connectivity index (χ0v) is 8.38. The van der Waals surface area contributed by atoms with Gasteiger partial charge in [0.1, 0.15) is 0 Å². The largest absolute Gasteiger partial charge is 0.393 e. The van der Waals surface area contributed by atoms with Crippen molar-refractivity contribution in [1.29, 1.82) is 0 Å². The molecule has 1 N–H and O–H groups in total. The highest BCUT2D eigenvalue weighted by atomic mass is 16.3. The van der Waals surface area contributed by atoms with Crippen LogP contribution in [0.4, 0.5) is 0 Å². The molecule has 2 bridgehead atoms. The number of hydrogen-bond donors (Lipinski definition) is 1. The maximum atomic E-state index is 9.60. The van der Waals surface area contributed by atoms with E-state index in [1.807, 2.05) is 6.92 Å². The van der Waals surface area contributed by atoms with Gasteiger partial charge in [-0.05, 0) is 49.4 Å². The average Bonchev–Trinajstić information content (AvgIpc) is 2.04. The van der Waals surface area contributed by atoms with E-state index >= 15 is 0 Å². The first-order valence-electron chi connectivity index (χ1n) is 5.21. The van der Waals surface area contributed by atoms with E-state index in [2.05, 4.69) is 13.8 Å². The van der Waals surface area contributed by atoms with E-state index in [1.165, 1.54) is 19.3 Å². The van der Waals surface area contributed by atoms with Crippen molar-refractivity contribution in [3.8, 4) is 0 Å². The molecule has 4 atom stereocenters. The predicted octanol–water partition coefficient (Wildman–Crippen LogP) is 2.44. The quantitative estimate of drug-likeness (QED) is 0.637. The fourth-order valence-corrected chi connectivity index (χ4v) is 3.44. The van der Waals surface area contributed by atoms with E-state index in [-0.39, 0.29) is 6.10 Å². The predicted molar refractivity (Wildman–Crippen MR) is 49.8 cm³/mol. The zero-order valence-electron chi connectivity index (χ0n) is 8.38. The Morgan fingerprint density at radius 3 is 2.33 bits per heavy atom. The summed E-state index contributed by atoms with van der Waals surface area (Å²) in [5, 5.41) is 9.60. The maximum Gasteiger partial charge on any atom is 0.0543 e. The van der Waals surface area contributed by atoms with Gasteiger partial charge in [-0.2, -0.15) is 0 Å². The van der Waals surface area contributed by atoms with Crippen molar-refractivity contribution in [1.82, 2.24) is 0 Å². The van der Waals surface area contributed by atoms with Crippen molar-refractivity contribution in [3.63, 3.8) is 0 Å². The van der Waals surface area contributed by atoms with Crippen LogP contribution in [-0.2, 0) is 0 Å². The molecule has 3 aliphatic rings. The molecule has 0 aromatic heterocycles. The fourth-order valence-electron chi connectivity index (χ4n) is 3.44. The molecule has 0 aliphatic heterocycles. The summed E-state index contributed by atoms with van der Waals surface area (Å²) in [6.07, 6.45) is 3.90. The molecule has 0 amide bonds. The van der Waals surface area contributed by atoms with E-state index in [4.69, 9.17) is 0 Å². The minimum Gasteiger partial charge on any atom is -0.393 e. The van der Waals surface area contributed by atoms with Gasteiger partial charge in [0.25, 0.3) is 0 Å². The molecule has 3 aliphatic carbocycles. The molecule has 1 heteroatoms. The van der Waals surface area contributed by atoms with Crippen LogP contribution in [-0.4, -0.2) is 11.2 Å². The molecule has 3 unspecified atom stereocenters. The molecule has 0 heterocycles. The monoisotopic (exact) mass is 168 g/mol. The van der Waals surface area contributed by atoms with Crippen LogP contribution < -0.4 is 0 Å². The van der Waals surface area contributed by atoms with E-state index in [1.54, 1.807) is 0 Å². The standard InChI is InChI=1S/C11H20O/c1-7(12)9-5-4-8-6-10(9)11(8,2)3/h7-10,12H,4-6H2,1-3H3/t7-,8?,9?,10?/m1/s1. The summed E-state index contributed by atoms with van der Waals surface area (Å²) < 4.78 is 0. The van der Waals surface area contributed by atoms with Crippen molar-refractivity contribution in [3.05, 3.63) is 0 Å².